The Balaban J connectivity index is 3.53. The Labute approximate surface area is 187 Å². The lowest BCUT2D eigenvalue weighted by molar-refractivity contribution is -0.126. The fourth-order valence-electron chi connectivity index (χ4n) is 3.25. The average molecular weight is 486 g/mol. The van der Waals surface area contributed by atoms with Gasteiger partial charge in [0, 0.05) is 6.42 Å². The molecule has 0 bridgehead atoms. The van der Waals surface area contributed by atoms with Crippen LogP contribution < -0.4 is 5.32 Å². The summed E-state index contributed by atoms with van der Waals surface area (Å²) in [5, 5.41) is 2.36. The number of hydrogen-bond acceptors (Lipinski definition) is 6. The SMILES string of the molecule is CC(=O)[C@H](CS(=O)(=O)O)NC(=O)CCCCCCCCCCCCCCCS(=O)(=O)O. The van der Waals surface area contributed by atoms with Crippen LogP contribution in [0.5, 0.6) is 0 Å². The lowest BCUT2D eigenvalue weighted by Crippen LogP contribution is -2.44. The van der Waals surface area contributed by atoms with Crippen LogP contribution in [0.1, 0.15) is 96.8 Å². The summed E-state index contributed by atoms with van der Waals surface area (Å²) in [4.78, 5) is 23.2. The first kappa shape index (κ1) is 30.0. The smallest absolute Gasteiger partial charge is 0.267 e. The summed E-state index contributed by atoms with van der Waals surface area (Å²) in [5.41, 5.74) is 0. The number of nitrogens with one attached hydrogen (secondary N) is 1. The number of hydrogen-bond donors (Lipinski definition) is 3. The molecule has 0 heterocycles. The van der Waals surface area contributed by atoms with Gasteiger partial charge in [0.15, 0.2) is 5.78 Å². The monoisotopic (exact) mass is 485 g/mol. The average Bonchev–Trinajstić information content (AvgIpc) is 2.62. The number of rotatable bonds is 20. The number of ketones is 1. The molecule has 0 aliphatic carbocycles. The lowest BCUT2D eigenvalue weighted by atomic mass is 10.0. The van der Waals surface area contributed by atoms with E-state index in [-0.39, 0.29) is 18.1 Å². The summed E-state index contributed by atoms with van der Waals surface area (Å²) in [6, 6.07) is -1.21. The maximum atomic E-state index is 11.8. The third-order valence-electron chi connectivity index (χ3n) is 5.01. The Morgan fingerprint density at radius 2 is 1.06 bits per heavy atom. The van der Waals surface area contributed by atoms with E-state index in [2.05, 4.69) is 5.32 Å². The first-order valence-corrected chi connectivity index (χ1v) is 14.3. The van der Waals surface area contributed by atoms with E-state index in [1.807, 2.05) is 0 Å². The molecule has 184 valence electrons. The number of amides is 1. The molecule has 0 spiro atoms. The van der Waals surface area contributed by atoms with Crippen LogP contribution in [0.3, 0.4) is 0 Å². The van der Waals surface area contributed by atoms with Crippen LogP contribution in [0.25, 0.3) is 0 Å². The van der Waals surface area contributed by atoms with Gasteiger partial charge in [-0.15, -0.1) is 0 Å². The van der Waals surface area contributed by atoms with Crippen molar-refractivity contribution < 1.29 is 35.5 Å². The number of carbonyl (C=O) groups excluding carboxylic acids is 2. The zero-order valence-electron chi connectivity index (χ0n) is 18.6. The summed E-state index contributed by atoms with van der Waals surface area (Å²) in [7, 11) is -8.15. The van der Waals surface area contributed by atoms with Gasteiger partial charge in [0.1, 0.15) is 11.8 Å². The minimum Gasteiger partial charge on any atom is -0.345 e. The molecule has 11 heteroatoms. The quantitative estimate of drug-likeness (QED) is 0.175. The largest absolute Gasteiger partial charge is 0.345 e. The van der Waals surface area contributed by atoms with Crippen LogP contribution in [0.2, 0.25) is 0 Å². The Morgan fingerprint density at radius 1 is 0.677 bits per heavy atom. The molecule has 0 saturated carbocycles. The fraction of sp³-hybridized carbons (Fsp3) is 0.900. The van der Waals surface area contributed by atoms with E-state index in [0.29, 0.717) is 12.8 Å². The number of unbranched alkanes of at least 4 members (excludes halogenated alkanes) is 12. The maximum absolute atomic E-state index is 11.8. The molecule has 0 radical (unpaired) electrons. The van der Waals surface area contributed by atoms with Crippen LogP contribution in [0.4, 0.5) is 0 Å². The topological polar surface area (TPSA) is 155 Å². The molecule has 0 aliphatic heterocycles. The third-order valence-corrected chi connectivity index (χ3v) is 6.57. The summed E-state index contributed by atoms with van der Waals surface area (Å²) < 4.78 is 60.4. The Morgan fingerprint density at radius 3 is 1.42 bits per heavy atom. The van der Waals surface area contributed by atoms with E-state index in [9.17, 15) is 26.4 Å². The highest BCUT2D eigenvalue weighted by atomic mass is 32.2. The molecule has 0 saturated heterocycles. The number of carbonyl (C=O) groups is 2. The lowest BCUT2D eigenvalue weighted by Gasteiger charge is -2.14. The second kappa shape index (κ2) is 16.6. The predicted octanol–water partition coefficient (Wildman–Crippen LogP) is 3.30. The molecule has 0 aliphatic rings. The summed E-state index contributed by atoms with van der Waals surface area (Å²) >= 11 is 0. The Bertz CT molecular complexity index is 719. The van der Waals surface area contributed by atoms with E-state index in [4.69, 9.17) is 9.11 Å². The van der Waals surface area contributed by atoms with Crippen LogP contribution in [-0.2, 0) is 29.8 Å². The second-order valence-electron chi connectivity index (χ2n) is 8.11. The van der Waals surface area contributed by atoms with Crippen LogP contribution in [-0.4, -0.2) is 55.2 Å². The van der Waals surface area contributed by atoms with Gasteiger partial charge in [-0.2, -0.15) is 16.8 Å². The first-order chi connectivity index (χ1) is 14.4. The molecule has 0 fully saturated rings. The van der Waals surface area contributed by atoms with E-state index in [1.54, 1.807) is 0 Å². The normalized spacial score (nSPS) is 13.1. The second-order valence-corrected chi connectivity index (χ2v) is 11.2. The van der Waals surface area contributed by atoms with Gasteiger partial charge in [-0.3, -0.25) is 18.7 Å². The van der Waals surface area contributed by atoms with Crippen molar-refractivity contribution in [3.63, 3.8) is 0 Å². The van der Waals surface area contributed by atoms with Crippen LogP contribution >= 0.6 is 0 Å². The molecule has 0 unspecified atom stereocenters. The van der Waals surface area contributed by atoms with Gasteiger partial charge >= 0.3 is 0 Å². The third kappa shape index (κ3) is 22.0. The maximum Gasteiger partial charge on any atom is 0.267 e. The highest BCUT2D eigenvalue weighted by Gasteiger charge is 2.22. The van der Waals surface area contributed by atoms with Crippen molar-refractivity contribution in [3.05, 3.63) is 0 Å². The van der Waals surface area contributed by atoms with E-state index >= 15 is 0 Å². The zero-order valence-corrected chi connectivity index (χ0v) is 20.2. The molecule has 0 aromatic rings. The van der Waals surface area contributed by atoms with Gasteiger partial charge in [0.05, 0.1) is 5.75 Å². The fourth-order valence-corrected chi connectivity index (χ4v) is 4.56. The molecule has 1 atom stereocenters. The van der Waals surface area contributed by atoms with Crippen molar-refractivity contribution in [2.75, 3.05) is 11.5 Å². The standard InChI is InChI=1S/C20H39NO8S2/c1-18(22)19(17-31(27,28)29)21-20(23)15-13-11-9-7-5-3-2-4-6-8-10-12-14-16-30(24,25)26/h19H,2-17H2,1H3,(H,21,23)(H,24,25,26)(H,27,28,29)/t19-/m0/s1. The molecule has 31 heavy (non-hydrogen) atoms. The summed E-state index contributed by atoms with van der Waals surface area (Å²) in [6.07, 6.45) is 13.1. The van der Waals surface area contributed by atoms with Crippen molar-refractivity contribution in [3.8, 4) is 0 Å². The highest BCUT2D eigenvalue weighted by molar-refractivity contribution is 7.86. The minimum atomic E-state index is -4.33. The van der Waals surface area contributed by atoms with Gasteiger partial charge in [-0.05, 0) is 19.8 Å². The molecule has 0 rings (SSSR count). The minimum absolute atomic E-state index is 0.148. The van der Waals surface area contributed by atoms with Gasteiger partial charge in [0.2, 0.25) is 5.91 Å². The van der Waals surface area contributed by atoms with E-state index in [0.717, 1.165) is 51.4 Å². The molecular weight excluding hydrogens is 446 g/mol. The first-order valence-electron chi connectivity index (χ1n) is 11.1. The molecule has 3 N–H and O–H groups in total. The molecule has 0 aromatic carbocycles. The summed E-state index contributed by atoms with van der Waals surface area (Å²) in [5.74, 6) is -1.85. The van der Waals surface area contributed by atoms with Crippen molar-refractivity contribution in [2.24, 2.45) is 0 Å². The zero-order chi connectivity index (χ0) is 23.8. The van der Waals surface area contributed by atoms with Gasteiger partial charge in [0.25, 0.3) is 20.2 Å². The van der Waals surface area contributed by atoms with Crippen LogP contribution in [0, 0.1) is 0 Å². The van der Waals surface area contributed by atoms with Gasteiger partial charge < -0.3 is 5.32 Å². The molecule has 1 amide bonds. The molecule has 0 aromatic heterocycles. The van der Waals surface area contributed by atoms with Gasteiger partial charge in [-0.1, -0.05) is 70.6 Å². The Kier molecular flexibility index (Phi) is 16.0. The molecule has 9 nitrogen and oxygen atoms in total. The summed E-state index contributed by atoms with van der Waals surface area (Å²) in [6.45, 7) is 1.17. The van der Waals surface area contributed by atoms with E-state index < -0.39 is 37.8 Å². The van der Waals surface area contributed by atoms with Crippen LogP contribution in [0.15, 0.2) is 0 Å². The van der Waals surface area contributed by atoms with Crippen molar-refractivity contribution in [1.29, 1.82) is 0 Å². The highest BCUT2D eigenvalue weighted by Crippen LogP contribution is 2.13. The Hall–Kier alpha value is -1.04. The van der Waals surface area contributed by atoms with Gasteiger partial charge in [-0.25, -0.2) is 0 Å². The predicted molar refractivity (Wildman–Crippen MR) is 120 cm³/mol. The van der Waals surface area contributed by atoms with E-state index in [1.165, 1.54) is 26.2 Å². The van der Waals surface area contributed by atoms with Crippen molar-refractivity contribution in [1.82, 2.24) is 5.32 Å². The van der Waals surface area contributed by atoms with Crippen molar-refractivity contribution >= 4 is 31.9 Å². The molecular formula is C20H39NO8S2. The number of Topliss-reactive ketones (excluding diaryl/α,β-unsaturated/α-hetero) is 1. The van der Waals surface area contributed by atoms with Crippen molar-refractivity contribution in [2.45, 2.75) is 103 Å².